The number of benzene rings is 2. The molecule has 0 atom stereocenters. The van der Waals surface area contributed by atoms with Crippen LogP contribution in [0.3, 0.4) is 0 Å². The fraction of sp³-hybridized carbons (Fsp3) is 0.158. The quantitative estimate of drug-likeness (QED) is 0.386. The number of hydrogen-bond acceptors (Lipinski definition) is 4. The van der Waals surface area contributed by atoms with Gasteiger partial charge in [-0.2, -0.15) is 0 Å². The monoisotopic (exact) mass is 394 g/mol. The van der Waals surface area contributed by atoms with Crippen LogP contribution in [0, 0.1) is 5.41 Å². The van der Waals surface area contributed by atoms with Crippen molar-refractivity contribution in [3.63, 3.8) is 0 Å². The molecule has 0 spiro atoms. The van der Waals surface area contributed by atoms with E-state index in [1.54, 1.807) is 36.4 Å². The Bertz CT molecular complexity index is 853. The second kappa shape index (κ2) is 9.36. The molecule has 0 aliphatic carbocycles. The molecule has 0 aliphatic rings. The molecular weight excluding hydrogens is 378 g/mol. The molecule has 0 saturated heterocycles. The van der Waals surface area contributed by atoms with E-state index < -0.39 is 12.6 Å². The lowest BCUT2D eigenvalue weighted by atomic mass is 10.0. The van der Waals surface area contributed by atoms with E-state index in [2.05, 4.69) is 10.1 Å². The van der Waals surface area contributed by atoms with Crippen molar-refractivity contribution in [3.05, 3.63) is 75.3 Å². The van der Waals surface area contributed by atoms with Crippen LogP contribution < -0.4 is 5.32 Å². The third kappa shape index (κ3) is 5.31. The first kappa shape index (κ1) is 19.9. The van der Waals surface area contributed by atoms with E-state index in [9.17, 15) is 9.18 Å². The third-order valence-electron chi connectivity index (χ3n) is 3.60. The van der Waals surface area contributed by atoms with Gasteiger partial charge < -0.3 is 15.5 Å². The number of alkyl halides is 1. The lowest BCUT2D eigenvalue weighted by molar-refractivity contribution is -0.134. The lowest BCUT2D eigenvalue weighted by Gasteiger charge is -2.14. The number of anilines is 1. The molecule has 0 bridgehead atoms. The summed E-state index contributed by atoms with van der Waals surface area (Å²) in [5.41, 5.74) is 2.45. The van der Waals surface area contributed by atoms with Gasteiger partial charge in [0.1, 0.15) is 6.67 Å². The highest BCUT2D eigenvalue weighted by Gasteiger charge is 2.09. The molecule has 0 aliphatic heterocycles. The topological polar surface area (TPSA) is 62.2 Å². The number of hydrogen-bond donors (Lipinski definition) is 2. The minimum absolute atomic E-state index is 0.0884. The minimum Gasteiger partial charge on any atom is -0.466 e. The lowest BCUT2D eigenvalue weighted by Crippen LogP contribution is -2.07. The van der Waals surface area contributed by atoms with Gasteiger partial charge in [-0.15, -0.1) is 0 Å². The average Bonchev–Trinajstić information content (AvgIpc) is 2.64. The number of methoxy groups -OCH3 is 1. The number of esters is 1. The Morgan fingerprint density at radius 1 is 1.23 bits per heavy atom. The van der Waals surface area contributed by atoms with E-state index in [0.717, 1.165) is 11.6 Å². The van der Waals surface area contributed by atoms with E-state index in [1.807, 2.05) is 0 Å². The molecule has 2 aromatic rings. The summed E-state index contributed by atoms with van der Waals surface area (Å²) in [4.78, 5) is 11.2. The molecule has 0 amide bonds. The molecular formula is C19H17Cl2FN2O2. The zero-order chi connectivity index (χ0) is 19.1. The molecule has 2 aromatic carbocycles. The molecule has 0 fully saturated rings. The van der Waals surface area contributed by atoms with Crippen LogP contribution in [-0.4, -0.2) is 18.8 Å². The van der Waals surface area contributed by atoms with E-state index >= 15 is 0 Å². The van der Waals surface area contributed by atoms with E-state index in [-0.39, 0.29) is 5.71 Å². The molecule has 26 heavy (non-hydrogen) atoms. The van der Waals surface area contributed by atoms with Crippen molar-refractivity contribution in [2.75, 3.05) is 12.4 Å². The second-order valence-corrected chi connectivity index (χ2v) is 6.22. The maximum absolute atomic E-state index is 13.0. The predicted octanol–water partition coefficient (Wildman–Crippen LogP) is 5.17. The molecule has 4 nitrogen and oxygen atoms in total. The van der Waals surface area contributed by atoms with Crippen molar-refractivity contribution in [3.8, 4) is 0 Å². The van der Waals surface area contributed by atoms with Crippen molar-refractivity contribution in [1.29, 1.82) is 5.41 Å². The van der Waals surface area contributed by atoms with Gasteiger partial charge in [-0.3, -0.25) is 0 Å². The zero-order valence-electron chi connectivity index (χ0n) is 14.0. The van der Waals surface area contributed by atoms with Crippen LogP contribution in [0.25, 0.3) is 0 Å². The van der Waals surface area contributed by atoms with Crippen molar-refractivity contribution in [1.82, 2.24) is 0 Å². The van der Waals surface area contributed by atoms with Gasteiger partial charge in [-0.1, -0.05) is 41.4 Å². The number of halogens is 3. The van der Waals surface area contributed by atoms with Crippen molar-refractivity contribution in [2.45, 2.75) is 13.2 Å². The minimum atomic E-state index is -0.623. The van der Waals surface area contributed by atoms with Crippen LogP contribution in [0.15, 0.2) is 48.6 Å². The molecule has 0 unspecified atom stereocenters. The molecule has 2 N–H and O–H groups in total. The maximum Gasteiger partial charge on any atom is 0.330 e. The molecule has 0 saturated carbocycles. The highest BCUT2D eigenvalue weighted by Crippen LogP contribution is 2.24. The first-order chi connectivity index (χ1) is 12.4. The largest absolute Gasteiger partial charge is 0.466 e. The van der Waals surface area contributed by atoms with Crippen molar-refractivity contribution in [2.24, 2.45) is 0 Å². The second-order valence-electron chi connectivity index (χ2n) is 5.37. The third-order valence-corrected chi connectivity index (χ3v) is 4.19. The molecule has 2 rings (SSSR count). The van der Waals surface area contributed by atoms with Crippen LogP contribution in [0.1, 0.15) is 16.7 Å². The Morgan fingerprint density at radius 3 is 2.65 bits per heavy atom. The Morgan fingerprint density at radius 2 is 2.00 bits per heavy atom. The average molecular weight is 395 g/mol. The number of ether oxygens (including phenoxy) is 1. The van der Waals surface area contributed by atoms with Gasteiger partial charge in [-0.25, -0.2) is 9.18 Å². The van der Waals surface area contributed by atoms with Gasteiger partial charge >= 0.3 is 5.97 Å². The molecule has 7 heteroatoms. The number of nitrogens with one attached hydrogen (secondary N) is 2. The van der Waals surface area contributed by atoms with E-state index in [1.165, 1.54) is 13.2 Å². The fourth-order valence-corrected chi connectivity index (χ4v) is 2.70. The summed E-state index contributed by atoms with van der Waals surface area (Å²) in [6.07, 6.45) is 2.49. The number of carbonyl (C=O) groups is 1. The smallest absolute Gasteiger partial charge is 0.330 e. The first-order valence-electron chi connectivity index (χ1n) is 7.66. The summed E-state index contributed by atoms with van der Waals surface area (Å²) in [7, 11) is 1.26. The fourth-order valence-electron chi connectivity index (χ4n) is 2.22. The van der Waals surface area contributed by atoms with Gasteiger partial charge in [-0.05, 0) is 35.4 Å². The Labute approximate surface area is 161 Å². The van der Waals surface area contributed by atoms with Crippen LogP contribution in [0.2, 0.25) is 10.0 Å². The zero-order valence-corrected chi connectivity index (χ0v) is 15.5. The molecule has 0 aromatic heterocycles. The SMILES string of the molecule is COC(=O)/C=C/C(=N)c1ccc(CF)cc1NCc1ccc(Cl)cc1Cl. The molecule has 136 valence electrons. The standard InChI is InChI=1S/C19H17Cl2FN2O2/c1-26-19(25)7-6-17(23)15-5-2-12(10-22)8-18(15)24-11-13-3-4-14(20)9-16(13)21/h2-9,23-24H,10-11H2,1H3/b7-6+,23-17?. The van der Waals surface area contributed by atoms with Gasteiger partial charge in [0, 0.05) is 33.9 Å². The summed E-state index contributed by atoms with van der Waals surface area (Å²) in [5, 5.41) is 12.4. The van der Waals surface area contributed by atoms with Crippen molar-refractivity contribution < 1.29 is 13.9 Å². The van der Waals surface area contributed by atoms with Gasteiger partial charge in [0.2, 0.25) is 0 Å². The first-order valence-corrected chi connectivity index (χ1v) is 8.42. The summed E-state index contributed by atoms with van der Waals surface area (Å²) in [5.74, 6) is -0.558. The van der Waals surface area contributed by atoms with Crippen LogP contribution in [0.5, 0.6) is 0 Å². The highest BCUT2D eigenvalue weighted by molar-refractivity contribution is 6.35. The van der Waals surface area contributed by atoms with Gasteiger partial charge in [0.05, 0.1) is 12.8 Å². The van der Waals surface area contributed by atoms with Crippen LogP contribution in [0.4, 0.5) is 10.1 Å². The summed E-state index contributed by atoms with van der Waals surface area (Å²) >= 11 is 12.1. The Balaban J connectivity index is 2.26. The van der Waals surface area contributed by atoms with Crippen LogP contribution in [-0.2, 0) is 22.8 Å². The van der Waals surface area contributed by atoms with Gasteiger partial charge in [0.15, 0.2) is 0 Å². The van der Waals surface area contributed by atoms with E-state index in [4.69, 9.17) is 28.6 Å². The Kier molecular flexibility index (Phi) is 7.18. The number of rotatable bonds is 7. The summed E-state index contributed by atoms with van der Waals surface area (Å²) in [6, 6.07) is 10.0. The van der Waals surface area contributed by atoms with Crippen molar-refractivity contribution >= 4 is 40.6 Å². The summed E-state index contributed by atoms with van der Waals surface area (Å²) < 4.78 is 17.5. The van der Waals surface area contributed by atoms with E-state index in [0.29, 0.717) is 33.4 Å². The maximum atomic E-state index is 13.0. The van der Waals surface area contributed by atoms with Gasteiger partial charge in [0.25, 0.3) is 0 Å². The molecule has 0 radical (unpaired) electrons. The normalized spacial score (nSPS) is 10.8. The van der Waals surface area contributed by atoms with Crippen LogP contribution >= 0.6 is 23.2 Å². The molecule has 0 heterocycles. The number of carbonyl (C=O) groups excluding carboxylic acids is 1. The predicted molar refractivity (Wildman–Crippen MR) is 103 cm³/mol. The highest BCUT2D eigenvalue weighted by atomic mass is 35.5. The number of allylic oxidation sites excluding steroid dienone is 1. The summed E-state index contributed by atoms with van der Waals surface area (Å²) in [6.45, 7) is -0.255. The Hall–Kier alpha value is -2.37.